The highest BCUT2D eigenvalue weighted by atomic mass is 19.4. The predicted octanol–water partition coefficient (Wildman–Crippen LogP) is 3.11. The Morgan fingerprint density at radius 3 is 2.54 bits per heavy atom. The Bertz CT molecular complexity index is 761. The van der Waals surface area contributed by atoms with Crippen LogP contribution in [0, 0.1) is 11.8 Å². The Hall–Kier alpha value is -2.20. The van der Waals surface area contributed by atoms with Gasteiger partial charge in [0.25, 0.3) is 0 Å². The van der Waals surface area contributed by atoms with Gasteiger partial charge in [-0.25, -0.2) is 0 Å². The van der Waals surface area contributed by atoms with Crippen LogP contribution in [0.5, 0.6) is 0 Å². The lowest BCUT2D eigenvalue weighted by Crippen LogP contribution is -2.48. The third kappa shape index (κ3) is 4.31. The molecule has 26 heavy (non-hydrogen) atoms. The van der Waals surface area contributed by atoms with Crippen molar-refractivity contribution < 1.29 is 13.2 Å². The van der Waals surface area contributed by atoms with Gasteiger partial charge in [0.2, 0.25) is 0 Å². The monoisotopic (exact) mass is 364 g/mol. The van der Waals surface area contributed by atoms with Gasteiger partial charge in [-0.05, 0) is 50.8 Å². The van der Waals surface area contributed by atoms with E-state index in [2.05, 4.69) is 27.3 Å². The first-order valence-electron chi connectivity index (χ1n) is 8.73. The second kappa shape index (κ2) is 6.84. The number of benzene rings is 1. The first-order chi connectivity index (χ1) is 12.1. The SMILES string of the molecule is CC1CC(C#Cc2cc(C(F)(F)F)ccc2N2CCC(C)(N)CC2)=NN1. The highest BCUT2D eigenvalue weighted by Gasteiger charge is 2.32. The molecule has 0 saturated carbocycles. The van der Waals surface area contributed by atoms with E-state index < -0.39 is 11.7 Å². The molecule has 2 aliphatic rings. The van der Waals surface area contributed by atoms with Gasteiger partial charge in [0.1, 0.15) is 5.71 Å². The molecule has 0 radical (unpaired) electrons. The van der Waals surface area contributed by atoms with Crippen molar-refractivity contribution in [2.75, 3.05) is 18.0 Å². The molecule has 4 nitrogen and oxygen atoms in total. The Labute approximate surface area is 151 Å². The largest absolute Gasteiger partial charge is 0.416 e. The van der Waals surface area contributed by atoms with Gasteiger partial charge in [-0.15, -0.1) is 0 Å². The fourth-order valence-electron chi connectivity index (χ4n) is 3.13. The second-order valence-electron chi connectivity index (χ2n) is 7.41. The summed E-state index contributed by atoms with van der Waals surface area (Å²) in [5.74, 6) is 5.83. The van der Waals surface area contributed by atoms with E-state index in [4.69, 9.17) is 5.73 Å². The minimum Gasteiger partial charge on any atom is -0.370 e. The van der Waals surface area contributed by atoms with Crippen LogP contribution in [0.2, 0.25) is 0 Å². The summed E-state index contributed by atoms with van der Waals surface area (Å²) >= 11 is 0. The third-order valence-electron chi connectivity index (χ3n) is 4.83. The molecular formula is C19H23F3N4. The van der Waals surface area contributed by atoms with Crippen LogP contribution in [-0.4, -0.2) is 30.4 Å². The van der Waals surface area contributed by atoms with E-state index in [0.717, 1.165) is 30.7 Å². The molecule has 1 saturated heterocycles. The van der Waals surface area contributed by atoms with Crippen molar-refractivity contribution in [3.05, 3.63) is 29.3 Å². The highest BCUT2D eigenvalue weighted by molar-refractivity contribution is 6.02. The minimum atomic E-state index is -4.40. The predicted molar refractivity (Wildman–Crippen MR) is 97.0 cm³/mol. The molecular weight excluding hydrogens is 341 g/mol. The van der Waals surface area contributed by atoms with Gasteiger partial charge in [0, 0.05) is 36.7 Å². The van der Waals surface area contributed by atoms with Crippen LogP contribution >= 0.6 is 0 Å². The summed E-state index contributed by atoms with van der Waals surface area (Å²) in [5, 5.41) is 4.10. The summed E-state index contributed by atoms with van der Waals surface area (Å²) in [6.45, 7) is 5.38. The number of alkyl halides is 3. The standard InChI is InChI=1S/C19H23F3N4/c1-13-11-16(25-24-13)5-3-14-12-15(19(20,21)22)4-6-17(14)26-9-7-18(2,23)8-10-26/h4,6,12-13,24H,7-11,23H2,1-2H3. The first kappa shape index (κ1) is 18.6. The van der Waals surface area contributed by atoms with Gasteiger partial charge in [0.05, 0.1) is 11.3 Å². The van der Waals surface area contributed by atoms with Gasteiger partial charge < -0.3 is 16.1 Å². The van der Waals surface area contributed by atoms with Crippen LogP contribution in [0.4, 0.5) is 18.9 Å². The first-order valence-corrected chi connectivity index (χ1v) is 8.73. The molecule has 7 heteroatoms. The molecule has 1 fully saturated rings. The molecule has 3 N–H and O–H groups in total. The molecule has 2 aliphatic heterocycles. The lowest BCUT2D eigenvalue weighted by atomic mass is 9.90. The minimum absolute atomic E-state index is 0.199. The van der Waals surface area contributed by atoms with E-state index >= 15 is 0 Å². The molecule has 1 unspecified atom stereocenters. The van der Waals surface area contributed by atoms with Crippen molar-refractivity contribution in [1.29, 1.82) is 0 Å². The number of nitrogens with zero attached hydrogens (tertiary/aromatic N) is 2. The molecule has 140 valence electrons. The second-order valence-corrected chi connectivity index (χ2v) is 7.41. The van der Waals surface area contributed by atoms with Gasteiger partial charge >= 0.3 is 6.18 Å². The zero-order valence-corrected chi connectivity index (χ0v) is 15.0. The fourth-order valence-corrected chi connectivity index (χ4v) is 3.13. The molecule has 1 aromatic carbocycles. The summed E-state index contributed by atoms with van der Waals surface area (Å²) in [7, 11) is 0. The summed E-state index contributed by atoms with van der Waals surface area (Å²) in [4.78, 5) is 2.07. The van der Waals surface area contributed by atoms with Crippen LogP contribution in [-0.2, 0) is 6.18 Å². The normalized spacial score (nSPS) is 22.3. The Morgan fingerprint density at radius 2 is 1.96 bits per heavy atom. The van der Waals surface area contributed by atoms with Crippen molar-refractivity contribution in [3.63, 3.8) is 0 Å². The molecule has 3 rings (SSSR count). The van der Waals surface area contributed by atoms with Crippen LogP contribution in [0.25, 0.3) is 0 Å². The van der Waals surface area contributed by atoms with Crippen LogP contribution in [0.1, 0.15) is 44.2 Å². The van der Waals surface area contributed by atoms with Crippen molar-refractivity contribution in [2.24, 2.45) is 10.8 Å². The van der Waals surface area contributed by atoms with Crippen molar-refractivity contribution in [3.8, 4) is 11.8 Å². The third-order valence-corrected chi connectivity index (χ3v) is 4.83. The molecule has 0 aliphatic carbocycles. The number of nitrogens with two attached hydrogens (primary N) is 1. The molecule has 0 aromatic heterocycles. The van der Waals surface area contributed by atoms with Gasteiger partial charge in [-0.2, -0.15) is 18.3 Å². The van der Waals surface area contributed by atoms with Gasteiger partial charge in [-0.1, -0.05) is 5.92 Å². The number of hydrogen-bond donors (Lipinski definition) is 2. The highest BCUT2D eigenvalue weighted by Crippen LogP contribution is 2.34. The van der Waals surface area contributed by atoms with E-state index in [-0.39, 0.29) is 11.6 Å². The van der Waals surface area contributed by atoms with Crippen molar-refractivity contribution in [2.45, 2.75) is 50.9 Å². The smallest absolute Gasteiger partial charge is 0.370 e. The zero-order valence-electron chi connectivity index (χ0n) is 15.0. The number of hydrazone groups is 1. The number of rotatable bonds is 1. The lowest BCUT2D eigenvalue weighted by molar-refractivity contribution is -0.137. The van der Waals surface area contributed by atoms with Crippen LogP contribution < -0.4 is 16.1 Å². The maximum Gasteiger partial charge on any atom is 0.416 e. The van der Waals surface area contributed by atoms with Crippen LogP contribution in [0.15, 0.2) is 23.3 Å². The average molecular weight is 364 g/mol. The summed E-state index contributed by atoms with van der Waals surface area (Å²) in [6.07, 6.45) is -2.14. The van der Waals surface area contributed by atoms with Gasteiger partial charge in [-0.3, -0.25) is 0 Å². The Balaban J connectivity index is 1.92. The maximum atomic E-state index is 13.1. The zero-order chi connectivity index (χ0) is 18.9. The van der Waals surface area contributed by atoms with Gasteiger partial charge in [0.15, 0.2) is 0 Å². The van der Waals surface area contributed by atoms with E-state index in [1.807, 2.05) is 13.8 Å². The molecule has 0 amide bonds. The Kier molecular flexibility index (Phi) is 4.89. The number of hydrogen-bond acceptors (Lipinski definition) is 4. The number of piperidine rings is 1. The fraction of sp³-hybridized carbons (Fsp3) is 0.526. The van der Waals surface area contributed by atoms with E-state index in [0.29, 0.717) is 30.8 Å². The molecule has 0 spiro atoms. The molecule has 2 heterocycles. The van der Waals surface area contributed by atoms with Crippen molar-refractivity contribution >= 4 is 11.4 Å². The molecule has 0 bridgehead atoms. The van der Waals surface area contributed by atoms with E-state index in [1.54, 1.807) is 0 Å². The lowest BCUT2D eigenvalue weighted by Gasteiger charge is -2.38. The van der Waals surface area contributed by atoms with Crippen LogP contribution in [0.3, 0.4) is 0 Å². The van der Waals surface area contributed by atoms with E-state index in [1.165, 1.54) is 6.07 Å². The Morgan fingerprint density at radius 1 is 1.27 bits per heavy atom. The summed E-state index contributed by atoms with van der Waals surface area (Å²) in [6, 6.07) is 3.96. The number of anilines is 1. The number of halogens is 3. The summed E-state index contributed by atoms with van der Waals surface area (Å²) < 4.78 is 39.4. The molecule has 1 atom stereocenters. The van der Waals surface area contributed by atoms with E-state index in [9.17, 15) is 13.2 Å². The topological polar surface area (TPSA) is 53.6 Å². The number of nitrogens with one attached hydrogen (secondary N) is 1. The molecule has 1 aromatic rings. The average Bonchev–Trinajstić information content (AvgIpc) is 2.97. The summed E-state index contributed by atoms with van der Waals surface area (Å²) in [5.41, 5.74) is 9.92. The quantitative estimate of drug-likeness (QED) is 0.753. The van der Waals surface area contributed by atoms with Crippen molar-refractivity contribution in [1.82, 2.24) is 5.43 Å². The maximum absolute atomic E-state index is 13.1.